The highest BCUT2D eigenvalue weighted by atomic mass is 16.4. The molecule has 556 valence electrons. The van der Waals surface area contributed by atoms with Crippen molar-refractivity contribution in [1.82, 2.24) is 63.4 Å². The van der Waals surface area contributed by atoms with Gasteiger partial charge in [0.05, 0.1) is 32.6 Å². The third kappa shape index (κ3) is 29.2. The van der Waals surface area contributed by atoms with Gasteiger partial charge in [-0.1, -0.05) is 96.8 Å². The minimum Gasteiger partial charge on any atom is -0.508 e. The Bertz CT molecular complexity index is 3070. The molecule has 2 aromatic rings. The number of unbranched alkanes of at least 4 members (excludes halogenated alkanes) is 2. The molecule has 13 atom stereocenters. The molecular formula is C67H108N15O18+3. The molecule has 1 aliphatic rings. The molecule has 33 heteroatoms. The van der Waals surface area contributed by atoms with Crippen molar-refractivity contribution in [2.45, 2.75) is 205 Å². The van der Waals surface area contributed by atoms with Crippen LogP contribution in [0.1, 0.15) is 137 Å². The van der Waals surface area contributed by atoms with Gasteiger partial charge in [-0.2, -0.15) is 0 Å². The summed E-state index contributed by atoms with van der Waals surface area (Å²) in [4.78, 5) is 191. The molecule has 24 N–H and O–H groups in total. The summed E-state index contributed by atoms with van der Waals surface area (Å²) in [5.41, 5.74) is 12.4. The van der Waals surface area contributed by atoms with Crippen LogP contribution in [-0.2, 0) is 80.0 Å². The van der Waals surface area contributed by atoms with Crippen molar-refractivity contribution in [3.8, 4) is 5.75 Å². The largest absolute Gasteiger partial charge is 0.508 e. The average Bonchev–Trinajstić information content (AvgIpc) is 1.62. The number of amides is 12. The zero-order valence-corrected chi connectivity index (χ0v) is 58.5. The number of aliphatic carboxylic acids is 2. The Kier molecular flexibility index (Phi) is 37.3. The van der Waals surface area contributed by atoms with Crippen LogP contribution in [0.4, 0.5) is 0 Å². The fourth-order valence-corrected chi connectivity index (χ4v) is 10.8. The first kappa shape index (κ1) is 84.9. The number of nitrogens with one attached hydrogen (secondary N) is 11. The van der Waals surface area contributed by atoms with Gasteiger partial charge in [-0.25, -0.2) is 4.79 Å². The van der Waals surface area contributed by atoms with Gasteiger partial charge in [0.25, 0.3) is 5.91 Å². The lowest BCUT2D eigenvalue weighted by atomic mass is 9.96. The van der Waals surface area contributed by atoms with Crippen molar-refractivity contribution in [1.29, 1.82) is 0 Å². The standard InChI is InChI=1S/C67H105N15O18/c1-8-38(5)55(80-58(90)44(70)36-83)64(96)72-35-52(85)74-45(20-13-15-27-68)60(92)73-40(7)57(89)77-48(31-41-18-11-10-12-19-41)62(94)76-46(21-14-16-28-69)61(93)81-56(39(6)9-2)65(97)78-47(30-37(3)4)59(91)71-34-53(86)75-49(32-42-23-25-43(84)26-24-42)66(98)82-29-17-22-51(82)63(95)79-50(67(99)100)33-54(87)88/h10-12,18-19,23-26,37-40,44-51,55-56,83-84H,8-9,13-17,20-22,27-36,68-70H2,1-7H3,(H,71,91)(H,72,96)(H,73,92)(H,74,85)(H,75,86)(H,76,94)(H,77,89)(H,78,97)(H,79,95)(H,80,90)(H,81,93)(H,87,88)(H,99,100)/p+3/t38-,39-,40-,44-,45-,46-,47-,48-,49-,50-,51-,55-,56-/m0/s1. The molecule has 1 aliphatic heterocycles. The van der Waals surface area contributed by atoms with Crippen LogP contribution in [0.25, 0.3) is 0 Å². The second-order valence-electron chi connectivity index (χ2n) is 25.8. The normalized spacial score (nSPS) is 16.3. The van der Waals surface area contributed by atoms with E-state index in [0.717, 1.165) is 4.90 Å². The minimum absolute atomic E-state index is 0.0174. The van der Waals surface area contributed by atoms with E-state index in [4.69, 9.17) is 0 Å². The van der Waals surface area contributed by atoms with Gasteiger partial charge in [0.2, 0.25) is 65.0 Å². The van der Waals surface area contributed by atoms with Gasteiger partial charge < -0.3 is 101 Å². The molecule has 1 heterocycles. The summed E-state index contributed by atoms with van der Waals surface area (Å²) in [5, 5.41) is 66.7. The summed E-state index contributed by atoms with van der Waals surface area (Å²) in [7, 11) is 0. The third-order valence-electron chi connectivity index (χ3n) is 17.1. The van der Waals surface area contributed by atoms with Crippen LogP contribution in [0, 0.1) is 17.8 Å². The van der Waals surface area contributed by atoms with Gasteiger partial charge in [0, 0.05) is 19.4 Å². The number of aromatic hydroxyl groups is 1. The van der Waals surface area contributed by atoms with Gasteiger partial charge in [0.15, 0.2) is 6.04 Å². The first-order chi connectivity index (χ1) is 47.4. The number of hydrogen-bond acceptors (Lipinski definition) is 16. The van der Waals surface area contributed by atoms with E-state index >= 15 is 0 Å². The summed E-state index contributed by atoms with van der Waals surface area (Å²) in [6.45, 7) is 11.1. The van der Waals surface area contributed by atoms with Gasteiger partial charge in [-0.05, 0) is 106 Å². The molecule has 12 amide bonds. The number of carboxylic acids is 2. The molecule has 0 bridgehead atoms. The maximum Gasteiger partial charge on any atom is 0.326 e. The number of carboxylic acid groups (broad SMARTS) is 2. The lowest BCUT2D eigenvalue weighted by molar-refractivity contribution is -0.409. The minimum atomic E-state index is -1.80. The molecule has 3 rings (SSSR count). The molecule has 1 fully saturated rings. The zero-order chi connectivity index (χ0) is 74.8. The van der Waals surface area contributed by atoms with Crippen LogP contribution in [0.3, 0.4) is 0 Å². The fraction of sp³-hybridized carbons (Fsp3) is 0.612. The first-order valence-corrected chi connectivity index (χ1v) is 34.2. The Morgan fingerprint density at radius 2 is 1.02 bits per heavy atom. The van der Waals surface area contributed by atoms with E-state index in [1.54, 1.807) is 71.9 Å². The zero-order valence-electron chi connectivity index (χ0n) is 58.5. The molecular weight excluding hydrogens is 1300 g/mol. The fourth-order valence-electron chi connectivity index (χ4n) is 10.8. The van der Waals surface area contributed by atoms with Crippen LogP contribution in [0.15, 0.2) is 54.6 Å². The number of rotatable bonds is 45. The number of carbonyl (C=O) groups excluding carboxylic acids is 12. The molecule has 0 aromatic heterocycles. The van der Waals surface area contributed by atoms with Crippen LogP contribution in [0.5, 0.6) is 5.75 Å². The number of carbonyl (C=O) groups is 14. The summed E-state index contributed by atoms with van der Waals surface area (Å²) in [5.74, 6) is -13.7. The Hall–Kier alpha value is -9.34. The van der Waals surface area contributed by atoms with Gasteiger partial charge >= 0.3 is 11.9 Å². The van der Waals surface area contributed by atoms with E-state index in [-0.39, 0.29) is 62.7 Å². The van der Waals surface area contributed by atoms with E-state index in [1.807, 2.05) is 0 Å². The van der Waals surface area contributed by atoms with Crippen LogP contribution in [0.2, 0.25) is 0 Å². The molecule has 2 aromatic carbocycles. The second kappa shape index (κ2) is 43.9. The number of aliphatic hydroxyl groups is 1. The predicted molar refractivity (Wildman–Crippen MR) is 361 cm³/mol. The van der Waals surface area contributed by atoms with E-state index in [1.165, 1.54) is 31.2 Å². The average molecular weight is 1410 g/mol. The number of phenolic OH excluding ortho intramolecular Hbond substituents is 1. The Morgan fingerprint density at radius 1 is 0.530 bits per heavy atom. The molecule has 1 saturated heterocycles. The Labute approximate surface area is 582 Å². The Balaban J connectivity index is 1.83. The number of benzene rings is 2. The number of quaternary nitrogens is 3. The predicted octanol–water partition coefficient (Wildman–Crippen LogP) is -5.09. The van der Waals surface area contributed by atoms with Crippen LogP contribution >= 0.6 is 0 Å². The van der Waals surface area contributed by atoms with Crippen molar-refractivity contribution in [3.63, 3.8) is 0 Å². The Morgan fingerprint density at radius 3 is 1.56 bits per heavy atom. The highest BCUT2D eigenvalue weighted by molar-refractivity contribution is 5.99. The molecule has 0 spiro atoms. The van der Waals surface area contributed by atoms with Crippen LogP contribution < -0.4 is 75.7 Å². The smallest absolute Gasteiger partial charge is 0.326 e. The van der Waals surface area contributed by atoms with Gasteiger partial charge in [-0.15, -0.1) is 0 Å². The molecule has 0 aliphatic carbocycles. The van der Waals surface area contributed by atoms with E-state index in [2.05, 4.69) is 75.7 Å². The maximum atomic E-state index is 14.6. The molecule has 0 saturated carbocycles. The lowest BCUT2D eigenvalue weighted by Crippen LogP contribution is -2.70. The molecule has 33 nitrogen and oxygen atoms in total. The SMILES string of the molecule is CC[C@H](C)[C@H](NC(=O)[C@H](CCCC[NH3+])NC(=O)[C@H](Cc1ccccc1)NC(=O)[C@H](C)NC(=O)[C@H](CCCC[NH3+])NC(=O)CNC(=O)[C@@H](NC(=O)[C@@H]([NH3+])CO)[C@@H](C)CC)C(=O)N[C@@H](CC(C)C)C(=O)NCC(=O)N[C@@H](Cc1ccc(O)cc1)C(=O)N1CCC[C@H]1C(=O)N[C@@H](CC(=O)O)C(=O)O. The number of hydrogen-bond donors (Lipinski definition) is 18. The summed E-state index contributed by atoms with van der Waals surface area (Å²) < 4.78 is 0. The van der Waals surface area contributed by atoms with Crippen LogP contribution in [-0.4, -0.2) is 214 Å². The van der Waals surface area contributed by atoms with E-state index in [0.29, 0.717) is 69.2 Å². The topological polar surface area (TPSA) is 538 Å². The van der Waals surface area contributed by atoms with Crippen molar-refractivity contribution in [3.05, 3.63) is 65.7 Å². The highest BCUT2D eigenvalue weighted by Gasteiger charge is 2.41. The quantitative estimate of drug-likeness (QED) is 0.0276. The highest BCUT2D eigenvalue weighted by Crippen LogP contribution is 2.22. The van der Waals surface area contributed by atoms with Crippen molar-refractivity contribution in [2.24, 2.45) is 17.8 Å². The summed E-state index contributed by atoms with van der Waals surface area (Å²) >= 11 is 0. The summed E-state index contributed by atoms with van der Waals surface area (Å²) in [6, 6.07) is 0.0706. The number of phenols is 1. The number of likely N-dealkylation sites (tertiary alicyclic amines) is 1. The summed E-state index contributed by atoms with van der Waals surface area (Å²) in [6.07, 6.45) is 2.18. The van der Waals surface area contributed by atoms with E-state index in [9.17, 15) is 87.5 Å². The number of aliphatic hydroxyl groups excluding tert-OH is 1. The van der Waals surface area contributed by atoms with E-state index < -0.39 is 181 Å². The van der Waals surface area contributed by atoms with Crippen molar-refractivity contribution >= 4 is 82.8 Å². The van der Waals surface area contributed by atoms with Crippen molar-refractivity contribution in [2.75, 3.05) is 39.3 Å². The first-order valence-electron chi connectivity index (χ1n) is 34.2. The van der Waals surface area contributed by atoms with Gasteiger partial charge in [-0.3, -0.25) is 62.3 Å². The third-order valence-corrected chi connectivity index (χ3v) is 17.1. The maximum absolute atomic E-state index is 14.6. The lowest BCUT2D eigenvalue weighted by Gasteiger charge is -2.30. The van der Waals surface area contributed by atoms with Crippen molar-refractivity contribution < 1.29 is 105 Å². The molecule has 0 radical (unpaired) electrons. The van der Waals surface area contributed by atoms with Gasteiger partial charge in [0.1, 0.15) is 72.8 Å². The molecule has 100 heavy (non-hydrogen) atoms. The molecule has 0 unspecified atom stereocenters. The number of nitrogens with zero attached hydrogens (tertiary/aromatic N) is 1. The second-order valence-corrected chi connectivity index (χ2v) is 25.8. The monoisotopic (exact) mass is 1410 g/mol.